The monoisotopic (exact) mass is 420 g/mol. The molecule has 1 aliphatic rings. The van der Waals surface area contributed by atoms with Gasteiger partial charge in [-0.15, -0.1) is 0 Å². The molecule has 0 N–H and O–H groups in total. The highest BCUT2D eigenvalue weighted by molar-refractivity contribution is 6.04. The SMILES string of the molecule is CCN(CC)c1ccc(C(=C2C=CC(=[N+](CC)CC)C=C2)c2ccccc2)cc1.[Cl-]. The summed E-state index contributed by atoms with van der Waals surface area (Å²) in [7, 11) is 0. The number of nitrogens with zero attached hydrogens (tertiary/aromatic N) is 2. The highest BCUT2D eigenvalue weighted by Crippen LogP contribution is 2.30. The molecule has 0 heterocycles. The predicted octanol–water partition coefficient (Wildman–Crippen LogP) is 2.96. The van der Waals surface area contributed by atoms with Crippen LogP contribution in [0, 0.1) is 0 Å². The molecule has 1 aliphatic carbocycles. The molecule has 3 rings (SSSR count). The van der Waals surface area contributed by atoms with Crippen LogP contribution in [0.4, 0.5) is 5.69 Å². The van der Waals surface area contributed by atoms with Gasteiger partial charge in [-0.3, -0.25) is 0 Å². The summed E-state index contributed by atoms with van der Waals surface area (Å²) in [5, 5.41) is 0. The molecule has 2 nitrogen and oxygen atoms in total. The van der Waals surface area contributed by atoms with Crippen LogP contribution >= 0.6 is 0 Å². The van der Waals surface area contributed by atoms with Crippen LogP contribution in [0.1, 0.15) is 38.8 Å². The van der Waals surface area contributed by atoms with Gasteiger partial charge in [0.25, 0.3) is 0 Å². The van der Waals surface area contributed by atoms with Crippen LogP contribution in [-0.4, -0.2) is 36.5 Å². The molecule has 0 aromatic heterocycles. The lowest BCUT2D eigenvalue weighted by Gasteiger charge is -2.22. The molecule has 0 atom stereocenters. The lowest BCUT2D eigenvalue weighted by Crippen LogP contribution is -3.00. The molecule has 0 radical (unpaired) electrons. The lowest BCUT2D eigenvalue weighted by atomic mass is 9.90. The Labute approximate surface area is 188 Å². The van der Waals surface area contributed by atoms with E-state index < -0.39 is 0 Å². The maximum absolute atomic E-state index is 2.38. The van der Waals surface area contributed by atoms with Gasteiger partial charge in [-0.2, -0.15) is 0 Å². The van der Waals surface area contributed by atoms with E-state index in [1.807, 2.05) is 0 Å². The van der Waals surface area contributed by atoms with Crippen molar-refractivity contribution in [2.75, 3.05) is 31.1 Å². The molecule has 0 aliphatic heterocycles. The van der Waals surface area contributed by atoms with Crippen molar-refractivity contribution in [2.24, 2.45) is 0 Å². The van der Waals surface area contributed by atoms with E-state index in [1.54, 1.807) is 0 Å². The summed E-state index contributed by atoms with van der Waals surface area (Å²) in [5.41, 5.74) is 7.60. The van der Waals surface area contributed by atoms with Crippen molar-refractivity contribution < 1.29 is 17.0 Å². The Morgan fingerprint density at radius 2 is 1.23 bits per heavy atom. The number of rotatable bonds is 7. The molecular weight excluding hydrogens is 388 g/mol. The number of benzene rings is 2. The van der Waals surface area contributed by atoms with Crippen LogP contribution < -0.4 is 17.3 Å². The van der Waals surface area contributed by atoms with Crippen LogP contribution in [0.25, 0.3) is 5.57 Å². The van der Waals surface area contributed by atoms with E-state index in [0.717, 1.165) is 26.2 Å². The molecule has 0 unspecified atom stereocenters. The minimum atomic E-state index is 0. The van der Waals surface area contributed by atoms with Crippen molar-refractivity contribution in [2.45, 2.75) is 27.7 Å². The van der Waals surface area contributed by atoms with Crippen LogP contribution in [-0.2, 0) is 0 Å². The summed E-state index contributed by atoms with van der Waals surface area (Å²) in [4.78, 5) is 2.38. The predicted molar refractivity (Wildman–Crippen MR) is 127 cm³/mol. The van der Waals surface area contributed by atoms with Crippen LogP contribution in [0.2, 0.25) is 0 Å². The summed E-state index contributed by atoms with van der Waals surface area (Å²) in [6, 6.07) is 19.7. The largest absolute Gasteiger partial charge is 1.00 e. The molecule has 2 aromatic rings. The molecule has 2 aromatic carbocycles. The third-order valence-electron chi connectivity index (χ3n) is 5.63. The maximum Gasteiger partial charge on any atom is 0.199 e. The molecular formula is C27H33ClN2. The smallest absolute Gasteiger partial charge is 0.199 e. The summed E-state index contributed by atoms with van der Waals surface area (Å²) in [6.07, 6.45) is 9.01. The van der Waals surface area contributed by atoms with Gasteiger partial charge in [0.15, 0.2) is 5.71 Å². The molecule has 0 spiro atoms. The Morgan fingerprint density at radius 1 is 0.700 bits per heavy atom. The first kappa shape index (κ1) is 23.7. The minimum absolute atomic E-state index is 0. The third kappa shape index (κ3) is 5.31. The van der Waals surface area contributed by atoms with Crippen molar-refractivity contribution in [3.8, 4) is 0 Å². The van der Waals surface area contributed by atoms with Crippen molar-refractivity contribution in [1.29, 1.82) is 0 Å². The van der Waals surface area contributed by atoms with Crippen LogP contribution in [0.3, 0.4) is 0 Å². The number of halogens is 1. The fraction of sp³-hybridized carbons (Fsp3) is 0.296. The molecule has 0 saturated heterocycles. The van der Waals surface area contributed by atoms with Gasteiger partial charge in [0.1, 0.15) is 13.1 Å². The molecule has 0 amide bonds. The average Bonchev–Trinajstić information content (AvgIpc) is 2.78. The number of hydrogen-bond acceptors (Lipinski definition) is 1. The van der Waals surface area contributed by atoms with Crippen LogP contribution in [0.15, 0.2) is 84.5 Å². The van der Waals surface area contributed by atoms with E-state index in [1.165, 1.54) is 33.7 Å². The maximum atomic E-state index is 2.38. The van der Waals surface area contributed by atoms with Gasteiger partial charge in [-0.1, -0.05) is 42.5 Å². The van der Waals surface area contributed by atoms with E-state index in [4.69, 9.17) is 0 Å². The van der Waals surface area contributed by atoms with Gasteiger partial charge >= 0.3 is 0 Å². The third-order valence-corrected chi connectivity index (χ3v) is 5.63. The van der Waals surface area contributed by atoms with Crippen molar-refractivity contribution >= 4 is 17.0 Å². The minimum Gasteiger partial charge on any atom is -1.00 e. The zero-order chi connectivity index (χ0) is 20.6. The van der Waals surface area contributed by atoms with E-state index in [9.17, 15) is 0 Å². The Kier molecular flexibility index (Phi) is 9.14. The van der Waals surface area contributed by atoms with Crippen molar-refractivity contribution in [3.05, 3.63) is 95.6 Å². The zero-order valence-corrected chi connectivity index (χ0v) is 19.4. The van der Waals surface area contributed by atoms with Crippen molar-refractivity contribution in [1.82, 2.24) is 0 Å². The van der Waals surface area contributed by atoms with Gasteiger partial charge in [0.05, 0.1) is 0 Å². The van der Waals surface area contributed by atoms with Crippen LogP contribution in [0.5, 0.6) is 0 Å². The molecule has 0 saturated carbocycles. The first-order chi connectivity index (χ1) is 14.2. The van der Waals surface area contributed by atoms with E-state index >= 15 is 0 Å². The summed E-state index contributed by atoms with van der Waals surface area (Å²) >= 11 is 0. The fourth-order valence-corrected chi connectivity index (χ4v) is 3.96. The quantitative estimate of drug-likeness (QED) is 0.624. The Balaban J connectivity index is 0.00000320. The summed E-state index contributed by atoms with van der Waals surface area (Å²) < 4.78 is 2.38. The topological polar surface area (TPSA) is 6.25 Å². The Hall–Kier alpha value is -2.58. The number of anilines is 1. The fourth-order valence-electron chi connectivity index (χ4n) is 3.96. The van der Waals surface area contributed by atoms with E-state index in [0.29, 0.717) is 0 Å². The second-order valence-corrected chi connectivity index (χ2v) is 7.18. The summed E-state index contributed by atoms with van der Waals surface area (Å²) in [6.45, 7) is 12.9. The Bertz CT molecular complexity index is 907. The Morgan fingerprint density at radius 3 is 1.73 bits per heavy atom. The highest BCUT2D eigenvalue weighted by atomic mass is 35.5. The standard InChI is InChI=1S/C27H33N2.ClH/c1-5-28(6-2)25-18-14-23(15-19-25)27(22-12-10-9-11-13-22)24-16-20-26(21-17-24)29(7-3)8-4;/h9-21H,5-8H2,1-4H3;1H/q+1;/p-1. The lowest BCUT2D eigenvalue weighted by molar-refractivity contribution is -0.519. The molecule has 0 fully saturated rings. The van der Waals surface area contributed by atoms with E-state index in [-0.39, 0.29) is 12.4 Å². The molecule has 158 valence electrons. The molecule has 0 bridgehead atoms. The first-order valence-electron chi connectivity index (χ1n) is 10.8. The second kappa shape index (κ2) is 11.6. The first-order valence-corrected chi connectivity index (χ1v) is 10.8. The van der Waals surface area contributed by atoms with Gasteiger partial charge in [0, 0.05) is 30.9 Å². The van der Waals surface area contributed by atoms with Gasteiger partial charge in [-0.05, 0) is 74.3 Å². The average molecular weight is 421 g/mol. The number of allylic oxidation sites excluding steroid dienone is 5. The zero-order valence-electron chi connectivity index (χ0n) is 18.6. The highest BCUT2D eigenvalue weighted by Gasteiger charge is 2.14. The van der Waals surface area contributed by atoms with Gasteiger partial charge in [-0.25, -0.2) is 4.58 Å². The van der Waals surface area contributed by atoms with Crippen molar-refractivity contribution in [3.63, 3.8) is 0 Å². The number of hydrogen-bond donors (Lipinski definition) is 0. The van der Waals surface area contributed by atoms with Gasteiger partial charge < -0.3 is 17.3 Å². The van der Waals surface area contributed by atoms with E-state index in [2.05, 4.69) is 116 Å². The molecule has 30 heavy (non-hydrogen) atoms. The normalized spacial score (nSPS) is 12.5. The second-order valence-electron chi connectivity index (χ2n) is 7.18. The van der Waals surface area contributed by atoms with Gasteiger partial charge in [0.2, 0.25) is 0 Å². The molecule has 3 heteroatoms. The summed E-state index contributed by atoms with van der Waals surface area (Å²) in [5.74, 6) is 0.